The molecule has 0 aromatic carbocycles. The Morgan fingerprint density at radius 1 is 1.13 bits per heavy atom. The summed E-state index contributed by atoms with van der Waals surface area (Å²) in [6, 6.07) is 3.85. The second-order valence-corrected chi connectivity index (χ2v) is 9.17. The number of nitrogens with one attached hydrogen (secondary N) is 1. The average Bonchev–Trinajstić information content (AvgIpc) is 3.33. The molecule has 1 aliphatic rings. The number of aryl methyl sites for hydroxylation is 1. The fraction of sp³-hybridized carbons (Fsp3) is 0.435. The maximum Gasteiger partial charge on any atom is 0.258 e. The minimum absolute atomic E-state index is 0.200. The number of pyridine rings is 1. The second-order valence-electron chi connectivity index (χ2n) is 9.17. The van der Waals surface area contributed by atoms with Gasteiger partial charge in [0.1, 0.15) is 5.82 Å². The van der Waals surface area contributed by atoms with E-state index in [1.54, 1.807) is 29.5 Å². The standard InChI is InChI=1S/C23H29N7O/c1-15(2)20-25-12-16(13-26-20)22(31)28-19-17(18-7-10-27-29(18)5)6-9-24-21(19)30-11-8-23(3,4)14-30/h6-7,9-10,12-13,15H,8,11,14H2,1-5H3,(H,28,31). The van der Waals surface area contributed by atoms with E-state index in [0.29, 0.717) is 17.1 Å². The van der Waals surface area contributed by atoms with Crippen LogP contribution in [0.4, 0.5) is 11.5 Å². The number of hydrogen-bond acceptors (Lipinski definition) is 6. The molecule has 0 aliphatic carbocycles. The van der Waals surface area contributed by atoms with Crippen molar-refractivity contribution < 1.29 is 4.79 Å². The molecule has 0 bridgehead atoms. The number of anilines is 2. The van der Waals surface area contributed by atoms with Crippen molar-refractivity contribution in [3.8, 4) is 11.3 Å². The Morgan fingerprint density at radius 2 is 1.87 bits per heavy atom. The lowest BCUT2D eigenvalue weighted by Crippen LogP contribution is -2.26. The molecule has 1 N–H and O–H groups in total. The normalized spacial score (nSPS) is 15.5. The minimum Gasteiger partial charge on any atom is -0.354 e. The number of carbonyl (C=O) groups is 1. The molecule has 1 fully saturated rings. The molecule has 0 radical (unpaired) electrons. The monoisotopic (exact) mass is 419 g/mol. The lowest BCUT2D eigenvalue weighted by Gasteiger charge is -2.24. The molecule has 8 heteroatoms. The highest BCUT2D eigenvalue weighted by molar-refractivity contribution is 6.07. The predicted octanol–water partition coefficient (Wildman–Crippen LogP) is 3.88. The van der Waals surface area contributed by atoms with Gasteiger partial charge in [-0.2, -0.15) is 5.10 Å². The van der Waals surface area contributed by atoms with Crippen LogP contribution in [0.15, 0.2) is 36.9 Å². The zero-order valence-corrected chi connectivity index (χ0v) is 18.8. The largest absolute Gasteiger partial charge is 0.354 e. The van der Waals surface area contributed by atoms with E-state index in [2.05, 4.69) is 44.1 Å². The highest BCUT2D eigenvalue weighted by atomic mass is 16.1. The zero-order valence-electron chi connectivity index (χ0n) is 18.8. The van der Waals surface area contributed by atoms with E-state index in [4.69, 9.17) is 0 Å². The molecule has 31 heavy (non-hydrogen) atoms. The Bertz CT molecular complexity index is 1090. The first-order valence-electron chi connectivity index (χ1n) is 10.6. The summed E-state index contributed by atoms with van der Waals surface area (Å²) in [6.45, 7) is 10.3. The molecule has 0 saturated carbocycles. The zero-order chi connectivity index (χ0) is 22.2. The van der Waals surface area contributed by atoms with Crippen molar-refractivity contribution in [2.75, 3.05) is 23.3 Å². The first kappa shape index (κ1) is 21.0. The quantitative estimate of drug-likeness (QED) is 0.675. The van der Waals surface area contributed by atoms with Crippen molar-refractivity contribution in [1.82, 2.24) is 24.7 Å². The third-order valence-corrected chi connectivity index (χ3v) is 5.69. The van der Waals surface area contributed by atoms with Gasteiger partial charge in [0.05, 0.1) is 16.9 Å². The Morgan fingerprint density at radius 3 is 2.45 bits per heavy atom. The van der Waals surface area contributed by atoms with E-state index in [-0.39, 0.29) is 17.2 Å². The fourth-order valence-corrected chi connectivity index (χ4v) is 3.90. The first-order chi connectivity index (χ1) is 14.7. The molecule has 0 atom stereocenters. The van der Waals surface area contributed by atoms with Crippen molar-refractivity contribution in [3.63, 3.8) is 0 Å². The Kier molecular flexibility index (Phi) is 5.47. The van der Waals surface area contributed by atoms with E-state index in [0.717, 1.165) is 36.6 Å². The molecule has 8 nitrogen and oxygen atoms in total. The first-order valence-corrected chi connectivity index (χ1v) is 10.6. The van der Waals surface area contributed by atoms with E-state index < -0.39 is 0 Å². The van der Waals surface area contributed by atoms with Gasteiger partial charge in [0, 0.05) is 56.4 Å². The molecule has 162 valence electrons. The fourth-order valence-electron chi connectivity index (χ4n) is 3.90. The summed E-state index contributed by atoms with van der Waals surface area (Å²) in [5.41, 5.74) is 3.08. The molecule has 3 aromatic rings. The van der Waals surface area contributed by atoms with Gasteiger partial charge in [0.25, 0.3) is 5.91 Å². The lowest BCUT2D eigenvalue weighted by atomic mass is 9.93. The van der Waals surface area contributed by atoms with Crippen LogP contribution in [-0.2, 0) is 7.05 Å². The van der Waals surface area contributed by atoms with Gasteiger partial charge in [-0.1, -0.05) is 27.7 Å². The van der Waals surface area contributed by atoms with Crippen LogP contribution in [0.1, 0.15) is 56.2 Å². The van der Waals surface area contributed by atoms with Gasteiger partial charge in [-0.05, 0) is 24.0 Å². The number of amides is 1. The topological polar surface area (TPSA) is 88.8 Å². The van der Waals surface area contributed by atoms with Gasteiger partial charge >= 0.3 is 0 Å². The van der Waals surface area contributed by atoms with Crippen molar-refractivity contribution in [2.45, 2.75) is 40.0 Å². The van der Waals surface area contributed by atoms with Crippen LogP contribution >= 0.6 is 0 Å². The number of rotatable bonds is 5. The van der Waals surface area contributed by atoms with E-state index >= 15 is 0 Å². The maximum atomic E-state index is 13.1. The second kappa shape index (κ2) is 8.09. The van der Waals surface area contributed by atoms with Crippen molar-refractivity contribution in [3.05, 3.63) is 48.3 Å². The molecule has 1 aliphatic heterocycles. The summed E-state index contributed by atoms with van der Waals surface area (Å²) in [4.78, 5) is 28.7. The van der Waals surface area contributed by atoms with Crippen molar-refractivity contribution in [1.29, 1.82) is 0 Å². The molecule has 1 saturated heterocycles. The van der Waals surface area contributed by atoms with Gasteiger partial charge in [-0.15, -0.1) is 0 Å². The summed E-state index contributed by atoms with van der Waals surface area (Å²) in [5.74, 6) is 1.44. The van der Waals surface area contributed by atoms with Crippen LogP contribution in [0.25, 0.3) is 11.3 Å². The van der Waals surface area contributed by atoms with Crippen LogP contribution in [-0.4, -0.2) is 43.7 Å². The minimum atomic E-state index is -0.258. The summed E-state index contributed by atoms with van der Waals surface area (Å²) < 4.78 is 1.79. The summed E-state index contributed by atoms with van der Waals surface area (Å²) >= 11 is 0. The van der Waals surface area contributed by atoms with Crippen LogP contribution in [0.3, 0.4) is 0 Å². The molecular weight excluding hydrogens is 390 g/mol. The number of hydrogen-bond donors (Lipinski definition) is 1. The average molecular weight is 420 g/mol. The van der Waals surface area contributed by atoms with Gasteiger partial charge in [-0.25, -0.2) is 15.0 Å². The third kappa shape index (κ3) is 4.28. The van der Waals surface area contributed by atoms with Crippen molar-refractivity contribution >= 4 is 17.4 Å². The van der Waals surface area contributed by atoms with E-state index in [9.17, 15) is 4.79 Å². The van der Waals surface area contributed by atoms with Crippen LogP contribution in [0, 0.1) is 5.41 Å². The SMILES string of the molecule is CC(C)c1ncc(C(=O)Nc2c(-c3ccnn3C)ccnc2N2CCC(C)(C)C2)cn1. The maximum absolute atomic E-state index is 13.1. The lowest BCUT2D eigenvalue weighted by molar-refractivity contribution is 0.102. The summed E-state index contributed by atoms with van der Waals surface area (Å²) in [7, 11) is 1.89. The van der Waals surface area contributed by atoms with E-state index in [1.807, 2.05) is 33.0 Å². The van der Waals surface area contributed by atoms with Crippen molar-refractivity contribution in [2.24, 2.45) is 12.5 Å². The molecule has 0 unspecified atom stereocenters. The molecular formula is C23H29N7O. The number of nitrogens with zero attached hydrogens (tertiary/aromatic N) is 6. The Labute approximate surface area is 182 Å². The smallest absolute Gasteiger partial charge is 0.258 e. The number of aromatic nitrogens is 5. The summed E-state index contributed by atoms with van der Waals surface area (Å²) in [6.07, 6.45) is 7.77. The molecule has 4 rings (SSSR count). The Hall–Kier alpha value is -3.29. The predicted molar refractivity (Wildman–Crippen MR) is 121 cm³/mol. The number of carbonyl (C=O) groups excluding carboxylic acids is 1. The summed E-state index contributed by atoms with van der Waals surface area (Å²) in [5, 5.41) is 7.40. The van der Waals surface area contributed by atoms with Crippen LogP contribution < -0.4 is 10.2 Å². The van der Waals surface area contributed by atoms with Gasteiger partial charge in [-0.3, -0.25) is 9.48 Å². The van der Waals surface area contributed by atoms with E-state index in [1.165, 1.54) is 0 Å². The third-order valence-electron chi connectivity index (χ3n) is 5.69. The molecule has 3 aromatic heterocycles. The molecule has 0 spiro atoms. The molecule has 4 heterocycles. The van der Waals surface area contributed by atoms with Gasteiger partial charge in [0.15, 0.2) is 5.82 Å². The highest BCUT2D eigenvalue weighted by Crippen LogP contribution is 2.39. The van der Waals surface area contributed by atoms with Gasteiger partial charge < -0.3 is 10.2 Å². The highest BCUT2D eigenvalue weighted by Gasteiger charge is 2.32. The van der Waals surface area contributed by atoms with Crippen LogP contribution in [0.2, 0.25) is 0 Å². The van der Waals surface area contributed by atoms with Crippen LogP contribution in [0.5, 0.6) is 0 Å². The van der Waals surface area contributed by atoms with Gasteiger partial charge in [0.2, 0.25) is 0 Å². The molecule has 1 amide bonds. The Balaban J connectivity index is 1.73.